The van der Waals surface area contributed by atoms with Gasteiger partial charge in [0.1, 0.15) is 17.0 Å². The van der Waals surface area contributed by atoms with Crippen LogP contribution in [-0.4, -0.2) is 57.2 Å². The first-order valence-electron chi connectivity index (χ1n) is 12.8. The van der Waals surface area contributed by atoms with Gasteiger partial charge >= 0.3 is 5.97 Å². The molecule has 0 saturated carbocycles. The Labute approximate surface area is 235 Å². The van der Waals surface area contributed by atoms with Gasteiger partial charge in [0.15, 0.2) is 5.17 Å². The van der Waals surface area contributed by atoms with Crippen LogP contribution in [-0.2, 0) is 20.8 Å². The van der Waals surface area contributed by atoms with Crippen molar-refractivity contribution >= 4 is 40.4 Å². The van der Waals surface area contributed by atoms with E-state index in [1.165, 1.54) is 11.8 Å². The van der Waals surface area contributed by atoms with E-state index in [0.29, 0.717) is 11.6 Å². The van der Waals surface area contributed by atoms with Crippen LogP contribution in [0.15, 0.2) is 95.0 Å². The molecule has 0 bridgehead atoms. The van der Waals surface area contributed by atoms with Crippen LogP contribution in [0.25, 0.3) is 0 Å². The zero-order valence-electron chi connectivity index (χ0n) is 21.8. The Balaban J connectivity index is 1.29. The molecule has 3 aromatic carbocycles. The molecule has 204 valence electrons. The molecule has 10 heteroatoms. The van der Waals surface area contributed by atoms with Crippen LogP contribution in [0.1, 0.15) is 35.6 Å². The van der Waals surface area contributed by atoms with Crippen LogP contribution in [0.5, 0.6) is 5.75 Å². The number of methoxy groups -OCH3 is 1. The first kappa shape index (κ1) is 27.1. The van der Waals surface area contributed by atoms with Crippen LogP contribution >= 0.6 is 11.8 Å². The minimum atomic E-state index is -1.14. The number of carbonyl (C=O) groups is 3. The van der Waals surface area contributed by atoms with Crippen molar-refractivity contribution < 1.29 is 24.2 Å². The molecule has 2 aliphatic rings. The number of ether oxygens (including phenoxy) is 1. The second kappa shape index (κ2) is 12.2. The van der Waals surface area contributed by atoms with Crippen molar-refractivity contribution in [2.45, 2.75) is 36.6 Å². The van der Waals surface area contributed by atoms with Gasteiger partial charge in [-0.15, -0.1) is 0 Å². The van der Waals surface area contributed by atoms with E-state index in [4.69, 9.17) is 9.84 Å². The van der Waals surface area contributed by atoms with Crippen LogP contribution in [0.4, 0.5) is 0 Å². The number of aliphatic carboxylic acids is 1. The molecule has 0 aliphatic carbocycles. The second-order valence-corrected chi connectivity index (χ2v) is 10.6. The summed E-state index contributed by atoms with van der Waals surface area (Å²) in [7, 11) is 1.61. The number of nitrogens with one attached hydrogen (secondary N) is 1. The van der Waals surface area contributed by atoms with Gasteiger partial charge in [-0.2, -0.15) is 10.1 Å². The molecule has 0 unspecified atom stereocenters. The summed E-state index contributed by atoms with van der Waals surface area (Å²) in [4.78, 5) is 41.7. The molecule has 5 rings (SSSR count). The first-order chi connectivity index (χ1) is 19.4. The van der Waals surface area contributed by atoms with Crippen molar-refractivity contribution in [1.82, 2.24) is 10.3 Å². The molecule has 0 radical (unpaired) electrons. The summed E-state index contributed by atoms with van der Waals surface area (Å²) in [6.45, 7) is 0. The summed E-state index contributed by atoms with van der Waals surface area (Å²) in [5.74, 6) is -1.35. The minimum absolute atomic E-state index is 0.144. The standard InChI is InChI=1S/C30H28N4O5S/c1-39-22-14-12-20(13-15-22)23-17-25(21-10-6-3-7-11-21)34(33-23)30-32-28(36)26(40-30)18-27(35)31-24(29(37)38)16-19-8-4-2-5-9-19/h2-15,24-26H,16-18H2,1H3,(H,31,35)(H,37,38)/t24-,25-,26-/m0/s1. The third-order valence-electron chi connectivity index (χ3n) is 6.73. The summed E-state index contributed by atoms with van der Waals surface area (Å²) < 4.78 is 5.27. The van der Waals surface area contributed by atoms with Gasteiger partial charge in [-0.3, -0.25) is 9.59 Å². The van der Waals surface area contributed by atoms with Crippen LogP contribution < -0.4 is 10.1 Å². The average Bonchev–Trinajstić information content (AvgIpc) is 3.57. The van der Waals surface area contributed by atoms with E-state index in [-0.39, 0.29) is 18.9 Å². The van der Waals surface area contributed by atoms with E-state index in [1.807, 2.05) is 72.8 Å². The highest BCUT2D eigenvalue weighted by atomic mass is 32.2. The van der Waals surface area contributed by atoms with Gasteiger partial charge in [0, 0.05) is 19.3 Å². The van der Waals surface area contributed by atoms with E-state index in [9.17, 15) is 19.5 Å². The number of amidine groups is 1. The van der Waals surface area contributed by atoms with Crippen LogP contribution in [0, 0.1) is 0 Å². The molecule has 0 spiro atoms. The number of thioether (sulfide) groups is 1. The van der Waals surface area contributed by atoms with Crippen molar-refractivity contribution in [2.24, 2.45) is 10.1 Å². The molecule has 0 fully saturated rings. The molecule has 2 amide bonds. The Bertz CT molecular complexity index is 1440. The quantitative estimate of drug-likeness (QED) is 0.408. The van der Waals surface area contributed by atoms with Crippen molar-refractivity contribution in [1.29, 1.82) is 0 Å². The predicted octanol–water partition coefficient (Wildman–Crippen LogP) is 4.05. The summed E-state index contributed by atoms with van der Waals surface area (Å²) in [6.07, 6.45) is 0.563. The third kappa shape index (κ3) is 6.23. The number of carbonyl (C=O) groups excluding carboxylic acids is 2. The van der Waals surface area contributed by atoms with Gasteiger partial charge in [0.2, 0.25) is 5.91 Å². The topological polar surface area (TPSA) is 121 Å². The lowest BCUT2D eigenvalue weighted by molar-refractivity contribution is -0.141. The van der Waals surface area contributed by atoms with E-state index in [2.05, 4.69) is 10.3 Å². The van der Waals surface area contributed by atoms with Gasteiger partial charge in [0.25, 0.3) is 5.91 Å². The summed E-state index contributed by atoms with van der Waals surface area (Å²) in [5, 5.41) is 18.4. The third-order valence-corrected chi connectivity index (χ3v) is 7.87. The molecule has 2 heterocycles. The summed E-state index contributed by atoms with van der Waals surface area (Å²) in [6, 6.07) is 25.3. The van der Waals surface area contributed by atoms with E-state index in [1.54, 1.807) is 24.3 Å². The van der Waals surface area contributed by atoms with Crippen LogP contribution in [0.2, 0.25) is 0 Å². The Morgan fingerprint density at radius 1 is 1.05 bits per heavy atom. The Hall–Kier alpha value is -4.44. The molecule has 2 aliphatic heterocycles. The van der Waals surface area contributed by atoms with Gasteiger partial charge in [0.05, 0.1) is 18.9 Å². The first-order valence-corrected chi connectivity index (χ1v) is 13.7. The lowest BCUT2D eigenvalue weighted by Gasteiger charge is -2.23. The number of benzene rings is 3. The molecule has 3 atom stereocenters. The highest BCUT2D eigenvalue weighted by Gasteiger charge is 2.39. The molecule has 9 nitrogen and oxygen atoms in total. The summed E-state index contributed by atoms with van der Waals surface area (Å²) >= 11 is 1.18. The number of hydrogen-bond donors (Lipinski definition) is 2. The summed E-state index contributed by atoms with van der Waals surface area (Å²) in [5.41, 5.74) is 3.60. The fourth-order valence-corrected chi connectivity index (χ4v) is 5.72. The number of amides is 2. The molecule has 2 N–H and O–H groups in total. The number of carboxylic acid groups (broad SMARTS) is 1. The Morgan fingerprint density at radius 3 is 2.38 bits per heavy atom. The normalized spacial score (nSPS) is 19.1. The lowest BCUT2D eigenvalue weighted by atomic mass is 9.98. The maximum absolute atomic E-state index is 12.9. The molecule has 0 aromatic heterocycles. The van der Waals surface area contributed by atoms with Crippen LogP contribution in [0.3, 0.4) is 0 Å². The van der Waals surface area contributed by atoms with Gasteiger partial charge in [-0.1, -0.05) is 72.4 Å². The monoisotopic (exact) mass is 556 g/mol. The Kier molecular flexibility index (Phi) is 8.26. The second-order valence-electron chi connectivity index (χ2n) is 9.44. The zero-order valence-corrected chi connectivity index (χ0v) is 22.6. The van der Waals surface area contributed by atoms with Crippen molar-refractivity contribution in [3.05, 3.63) is 102 Å². The maximum atomic E-state index is 12.9. The van der Waals surface area contributed by atoms with Crippen molar-refractivity contribution in [3.63, 3.8) is 0 Å². The maximum Gasteiger partial charge on any atom is 0.326 e. The number of hydrogen-bond acceptors (Lipinski definition) is 7. The lowest BCUT2D eigenvalue weighted by Crippen LogP contribution is -2.43. The number of hydrazone groups is 1. The zero-order chi connectivity index (χ0) is 28.1. The van der Waals surface area contributed by atoms with Crippen molar-refractivity contribution in [3.8, 4) is 5.75 Å². The van der Waals surface area contributed by atoms with Gasteiger partial charge in [-0.25, -0.2) is 9.80 Å². The molecule has 3 aromatic rings. The van der Waals surface area contributed by atoms with Gasteiger partial charge < -0.3 is 15.2 Å². The smallest absolute Gasteiger partial charge is 0.326 e. The molecule has 40 heavy (non-hydrogen) atoms. The number of nitrogens with zero attached hydrogens (tertiary/aromatic N) is 3. The fourth-order valence-electron chi connectivity index (χ4n) is 4.66. The molecular formula is C30H28N4O5S. The van der Waals surface area contributed by atoms with E-state index in [0.717, 1.165) is 28.2 Å². The number of rotatable bonds is 9. The largest absolute Gasteiger partial charge is 0.497 e. The molecule has 0 saturated heterocycles. The highest BCUT2D eigenvalue weighted by molar-refractivity contribution is 8.15. The Morgan fingerprint density at radius 2 is 1.73 bits per heavy atom. The SMILES string of the molecule is COc1ccc(C2=NN(C3=NC(=O)[C@H](CC(=O)N[C@@H](Cc4ccccc4)C(=O)O)S3)[C@H](c3ccccc3)C2)cc1. The predicted molar refractivity (Wildman–Crippen MR) is 153 cm³/mol. The van der Waals surface area contributed by atoms with E-state index < -0.39 is 29.1 Å². The minimum Gasteiger partial charge on any atom is -0.497 e. The average molecular weight is 557 g/mol. The number of carboxylic acids is 1. The molecular weight excluding hydrogens is 528 g/mol. The van der Waals surface area contributed by atoms with Gasteiger partial charge in [-0.05, 0) is 41.0 Å². The van der Waals surface area contributed by atoms with Crippen molar-refractivity contribution in [2.75, 3.05) is 7.11 Å². The fraction of sp³-hybridized carbons (Fsp3) is 0.233. The highest BCUT2D eigenvalue weighted by Crippen LogP contribution is 2.38. The number of aliphatic imine (C=N–C) groups is 1. The van der Waals surface area contributed by atoms with E-state index >= 15 is 0 Å².